The first-order valence-corrected chi connectivity index (χ1v) is 8.04. The molecule has 0 saturated heterocycles. The zero-order valence-corrected chi connectivity index (χ0v) is 13.8. The highest BCUT2D eigenvalue weighted by Gasteiger charge is 2.28. The third-order valence-corrected chi connectivity index (χ3v) is 4.35. The maximum atomic E-state index is 12.7. The summed E-state index contributed by atoms with van der Waals surface area (Å²) in [4.78, 5) is 25.2. The van der Waals surface area contributed by atoms with Gasteiger partial charge in [-0.2, -0.15) is 0 Å². The number of aryl methyl sites for hydroxylation is 3. The Balaban J connectivity index is 1.83. The second-order valence-corrected chi connectivity index (χ2v) is 6.42. The normalized spacial score (nSPS) is 13.9. The lowest BCUT2D eigenvalue weighted by atomic mass is 10.1. The molecule has 4 nitrogen and oxygen atoms in total. The molecule has 23 heavy (non-hydrogen) atoms. The van der Waals surface area contributed by atoms with E-state index >= 15 is 0 Å². The molecule has 3 rings (SSSR count). The van der Waals surface area contributed by atoms with Gasteiger partial charge in [0.05, 0.1) is 0 Å². The van der Waals surface area contributed by atoms with Gasteiger partial charge in [-0.1, -0.05) is 29.8 Å². The number of hydrogen-bond donors (Lipinski definition) is 1. The van der Waals surface area contributed by atoms with E-state index in [4.69, 9.17) is 0 Å². The van der Waals surface area contributed by atoms with Gasteiger partial charge in [-0.3, -0.25) is 9.59 Å². The topological polar surface area (TPSA) is 51.1 Å². The third kappa shape index (κ3) is 3.21. The van der Waals surface area contributed by atoms with Gasteiger partial charge < -0.3 is 9.88 Å². The second-order valence-electron chi connectivity index (χ2n) is 6.42. The summed E-state index contributed by atoms with van der Waals surface area (Å²) >= 11 is 0. The first-order chi connectivity index (χ1) is 11.0. The highest BCUT2D eigenvalue weighted by Crippen LogP contribution is 2.34. The molecule has 0 unspecified atom stereocenters. The van der Waals surface area contributed by atoms with Gasteiger partial charge in [-0.05, 0) is 50.8 Å². The molecular formula is C19H22N2O2. The van der Waals surface area contributed by atoms with Crippen molar-refractivity contribution in [2.75, 3.05) is 0 Å². The molecule has 0 radical (unpaired) electrons. The number of carbonyl (C=O) groups excluding carboxylic acids is 1. The summed E-state index contributed by atoms with van der Waals surface area (Å²) in [5.74, 6) is -0.289. The molecule has 4 heteroatoms. The fraction of sp³-hybridized carbons (Fsp3) is 0.368. The van der Waals surface area contributed by atoms with Crippen LogP contribution in [0.5, 0.6) is 0 Å². The number of benzene rings is 1. The lowest BCUT2D eigenvalue weighted by Gasteiger charge is -2.14. The van der Waals surface area contributed by atoms with Crippen LogP contribution in [0.2, 0.25) is 0 Å². The molecule has 0 spiro atoms. The van der Waals surface area contributed by atoms with Gasteiger partial charge in [0.25, 0.3) is 11.5 Å². The Morgan fingerprint density at radius 1 is 1.17 bits per heavy atom. The molecule has 1 fully saturated rings. The SMILES string of the molecule is Cc1ccc(CNC(=O)c2c(C)cc(C)n(C3CC3)c2=O)cc1. The summed E-state index contributed by atoms with van der Waals surface area (Å²) in [7, 11) is 0. The molecule has 1 aliphatic carbocycles. The van der Waals surface area contributed by atoms with Gasteiger partial charge in [0.2, 0.25) is 0 Å². The van der Waals surface area contributed by atoms with Crippen molar-refractivity contribution >= 4 is 5.91 Å². The van der Waals surface area contributed by atoms with Crippen molar-refractivity contribution in [3.63, 3.8) is 0 Å². The van der Waals surface area contributed by atoms with E-state index in [0.717, 1.165) is 29.7 Å². The third-order valence-electron chi connectivity index (χ3n) is 4.35. The van der Waals surface area contributed by atoms with Crippen LogP contribution in [-0.2, 0) is 6.54 Å². The molecule has 1 saturated carbocycles. The van der Waals surface area contributed by atoms with Gasteiger partial charge in [0.15, 0.2) is 0 Å². The van der Waals surface area contributed by atoms with E-state index < -0.39 is 0 Å². The van der Waals surface area contributed by atoms with E-state index in [1.165, 1.54) is 5.56 Å². The second kappa shape index (κ2) is 6.03. The summed E-state index contributed by atoms with van der Waals surface area (Å²) in [6.07, 6.45) is 2.04. The Hall–Kier alpha value is -2.36. The first kappa shape index (κ1) is 15.5. The van der Waals surface area contributed by atoms with Crippen molar-refractivity contribution in [1.29, 1.82) is 0 Å². The van der Waals surface area contributed by atoms with Crippen molar-refractivity contribution in [2.45, 2.75) is 46.2 Å². The molecule has 0 bridgehead atoms. The summed E-state index contributed by atoms with van der Waals surface area (Å²) in [6.45, 7) is 6.21. The van der Waals surface area contributed by atoms with Crippen molar-refractivity contribution < 1.29 is 4.79 Å². The highest BCUT2D eigenvalue weighted by molar-refractivity contribution is 5.95. The number of pyridine rings is 1. The first-order valence-electron chi connectivity index (χ1n) is 8.04. The van der Waals surface area contributed by atoms with Gasteiger partial charge in [0.1, 0.15) is 5.56 Å². The zero-order valence-electron chi connectivity index (χ0n) is 13.8. The molecule has 2 aromatic rings. The van der Waals surface area contributed by atoms with E-state index in [9.17, 15) is 9.59 Å². The van der Waals surface area contributed by atoms with Crippen molar-refractivity contribution in [3.8, 4) is 0 Å². The van der Waals surface area contributed by atoms with Gasteiger partial charge in [-0.15, -0.1) is 0 Å². The van der Waals surface area contributed by atoms with Crippen LogP contribution in [-0.4, -0.2) is 10.5 Å². The van der Waals surface area contributed by atoms with Crippen LogP contribution in [0.4, 0.5) is 0 Å². The Bertz CT molecular complexity index is 799. The summed E-state index contributed by atoms with van der Waals surface area (Å²) in [6, 6.07) is 10.2. The minimum atomic E-state index is -0.289. The molecule has 0 aliphatic heterocycles. The van der Waals surface area contributed by atoms with E-state index in [-0.39, 0.29) is 23.1 Å². The molecule has 1 heterocycles. The quantitative estimate of drug-likeness (QED) is 0.943. The van der Waals surface area contributed by atoms with Crippen LogP contribution in [0.3, 0.4) is 0 Å². The molecule has 0 atom stereocenters. The number of nitrogens with one attached hydrogen (secondary N) is 1. The van der Waals surface area contributed by atoms with E-state index in [0.29, 0.717) is 6.54 Å². The number of amides is 1. The minimum absolute atomic E-state index is 0.161. The van der Waals surface area contributed by atoms with Crippen molar-refractivity contribution in [1.82, 2.24) is 9.88 Å². The van der Waals surface area contributed by atoms with Gasteiger partial charge in [0, 0.05) is 18.3 Å². The Morgan fingerprint density at radius 2 is 1.83 bits per heavy atom. The van der Waals surface area contributed by atoms with Gasteiger partial charge >= 0.3 is 0 Å². The predicted octanol–water partition coefficient (Wildman–Crippen LogP) is 3.04. The fourth-order valence-electron chi connectivity index (χ4n) is 2.94. The Labute approximate surface area is 136 Å². The smallest absolute Gasteiger partial charge is 0.264 e. The standard InChI is InChI=1S/C19H22N2O2/c1-12-4-6-15(7-5-12)11-20-18(22)17-13(2)10-14(3)21(19(17)23)16-8-9-16/h4-7,10,16H,8-9,11H2,1-3H3,(H,20,22). The number of rotatable bonds is 4. The van der Waals surface area contributed by atoms with Crippen molar-refractivity contribution in [3.05, 3.63) is 68.6 Å². The van der Waals surface area contributed by atoms with Crippen LogP contribution >= 0.6 is 0 Å². The van der Waals surface area contributed by atoms with Gasteiger partial charge in [-0.25, -0.2) is 0 Å². The molecule has 120 valence electrons. The number of nitrogens with zero attached hydrogens (tertiary/aromatic N) is 1. The van der Waals surface area contributed by atoms with Crippen LogP contribution in [0, 0.1) is 20.8 Å². The molecule has 1 aromatic carbocycles. The Morgan fingerprint density at radius 3 is 2.43 bits per heavy atom. The molecular weight excluding hydrogens is 288 g/mol. The van der Waals surface area contributed by atoms with Crippen LogP contribution in [0.25, 0.3) is 0 Å². The molecule has 1 amide bonds. The van der Waals surface area contributed by atoms with E-state index in [1.54, 1.807) is 4.57 Å². The lowest BCUT2D eigenvalue weighted by molar-refractivity contribution is 0.0948. The maximum absolute atomic E-state index is 12.7. The lowest BCUT2D eigenvalue weighted by Crippen LogP contribution is -2.34. The number of aromatic nitrogens is 1. The van der Waals surface area contributed by atoms with Crippen molar-refractivity contribution in [2.24, 2.45) is 0 Å². The molecule has 1 aromatic heterocycles. The fourth-order valence-corrected chi connectivity index (χ4v) is 2.94. The Kier molecular flexibility index (Phi) is 4.07. The van der Waals surface area contributed by atoms with Crippen LogP contribution < -0.4 is 10.9 Å². The van der Waals surface area contributed by atoms with E-state index in [2.05, 4.69) is 5.32 Å². The summed E-state index contributed by atoms with van der Waals surface area (Å²) in [5, 5.41) is 2.87. The summed E-state index contributed by atoms with van der Waals surface area (Å²) in [5.41, 5.74) is 4.00. The number of carbonyl (C=O) groups is 1. The largest absolute Gasteiger partial charge is 0.348 e. The summed E-state index contributed by atoms with van der Waals surface area (Å²) < 4.78 is 1.77. The zero-order chi connectivity index (χ0) is 16.6. The predicted molar refractivity (Wildman–Crippen MR) is 90.8 cm³/mol. The van der Waals surface area contributed by atoms with Crippen LogP contribution in [0.1, 0.15) is 51.6 Å². The number of hydrogen-bond acceptors (Lipinski definition) is 2. The molecule has 1 N–H and O–H groups in total. The monoisotopic (exact) mass is 310 g/mol. The highest BCUT2D eigenvalue weighted by atomic mass is 16.2. The average molecular weight is 310 g/mol. The average Bonchev–Trinajstić information content (AvgIpc) is 3.31. The molecule has 1 aliphatic rings. The van der Waals surface area contributed by atoms with E-state index in [1.807, 2.05) is 51.1 Å². The van der Waals surface area contributed by atoms with Crippen LogP contribution in [0.15, 0.2) is 35.1 Å². The maximum Gasteiger partial charge on any atom is 0.264 e. The minimum Gasteiger partial charge on any atom is -0.348 e.